The van der Waals surface area contributed by atoms with Crippen LogP contribution in [0.15, 0.2) is 0 Å². The second kappa shape index (κ2) is 4.51. The summed E-state index contributed by atoms with van der Waals surface area (Å²) < 4.78 is 10.0. The molecule has 0 saturated heterocycles. The molecule has 1 N–H and O–H groups in total. The van der Waals surface area contributed by atoms with E-state index in [1.54, 1.807) is 0 Å². The number of rotatable bonds is 5. The molecule has 0 amide bonds. The highest BCUT2D eigenvalue weighted by Gasteiger charge is 2.64. The summed E-state index contributed by atoms with van der Waals surface area (Å²) in [7, 11) is 3.04. The van der Waals surface area contributed by atoms with Crippen LogP contribution in [-0.2, 0) is 0 Å². The minimum atomic E-state index is 0.253. The first-order valence-corrected chi connectivity index (χ1v) is 6.41. The zero-order chi connectivity index (χ0) is 14.3. The number of nitrogens with one attached hydrogen (secondary N) is 1. The fourth-order valence-electron chi connectivity index (χ4n) is 2.64. The van der Waals surface area contributed by atoms with Crippen molar-refractivity contribution in [2.24, 2.45) is 16.7 Å². The van der Waals surface area contributed by atoms with E-state index in [2.05, 4.69) is 48.0 Å². The van der Waals surface area contributed by atoms with Crippen LogP contribution >= 0.6 is 0 Å². The van der Waals surface area contributed by atoms with Crippen molar-refractivity contribution in [3.8, 4) is 12.0 Å². The Morgan fingerprint density at radius 2 is 1.42 bits per heavy atom. The Hall–Kier alpha value is -1.59. The van der Waals surface area contributed by atoms with Crippen molar-refractivity contribution in [1.82, 2.24) is 15.0 Å². The highest BCUT2D eigenvalue weighted by atomic mass is 16.5. The molecule has 0 unspecified atom stereocenters. The Bertz CT molecular complexity index is 437. The first-order valence-electron chi connectivity index (χ1n) is 6.41. The molecule has 0 atom stereocenters. The fraction of sp³-hybridized carbons (Fsp3) is 0.769. The SMILES string of the molecule is COc1nc(NCC2C(C)(C)C2(C)C)nc(OC)n1. The van der Waals surface area contributed by atoms with E-state index >= 15 is 0 Å². The van der Waals surface area contributed by atoms with Gasteiger partial charge in [0.05, 0.1) is 14.2 Å². The zero-order valence-corrected chi connectivity index (χ0v) is 12.4. The minimum Gasteiger partial charge on any atom is -0.467 e. The summed E-state index contributed by atoms with van der Waals surface area (Å²) in [5.41, 5.74) is 0.669. The van der Waals surface area contributed by atoms with Gasteiger partial charge in [0, 0.05) is 6.54 Å². The van der Waals surface area contributed by atoms with Crippen LogP contribution in [0.5, 0.6) is 12.0 Å². The van der Waals surface area contributed by atoms with E-state index < -0.39 is 0 Å². The van der Waals surface area contributed by atoms with Gasteiger partial charge in [-0.15, -0.1) is 4.98 Å². The maximum absolute atomic E-state index is 5.02. The summed E-state index contributed by atoms with van der Waals surface area (Å²) in [5.74, 6) is 1.08. The molecule has 1 aromatic heterocycles. The summed E-state index contributed by atoms with van der Waals surface area (Å²) in [4.78, 5) is 12.3. The predicted octanol–water partition coefficient (Wildman–Crippen LogP) is 1.98. The van der Waals surface area contributed by atoms with Crippen LogP contribution in [0.3, 0.4) is 0 Å². The van der Waals surface area contributed by atoms with Crippen LogP contribution in [0.4, 0.5) is 5.95 Å². The van der Waals surface area contributed by atoms with Crippen molar-refractivity contribution in [3.05, 3.63) is 0 Å². The Kier molecular flexibility index (Phi) is 3.28. The molecule has 1 aliphatic rings. The van der Waals surface area contributed by atoms with Gasteiger partial charge in [-0.25, -0.2) is 0 Å². The average molecular weight is 266 g/mol. The van der Waals surface area contributed by atoms with E-state index in [1.807, 2.05) is 0 Å². The molecule has 1 saturated carbocycles. The van der Waals surface area contributed by atoms with Crippen LogP contribution in [0.2, 0.25) is 0 Å². The molecule has 6 heteroatoms. The average Bonchev–Trinajstić information content (AvgIpc) is 2.76. The quantitative estimate of drug-likeness (QED) is 0.879. The van der Waals surface area contributed by atoms with E-state index in [0.29, 0.717) is 22.7 Å². The Morgan fingerprint density at radius 3 is 1.79 bits per heavy atom. The van der Waals surface area contributed by atoms with Gasteiger partial charge in [-0.3, -0.25) is 0 Å². The number of hydrogen-bond acceptors (Lipinski definition) is 6. The van der Waals surface area contributed by atoms with Crippen molar-refractivity contribution < 1.29 is 9.47 Å². The molecule has 2 rings (SSSR count). The van der Waals surface area contributed by atoms with Crippen LogP contribution in [0, 0.1) is 16.7 Å². The van der Waals surface area contributed by atoms with Gasteiger partial charge in [-0.2, -0.15) is 9.97 Å². The van der Waals surface area contributed by atoms with Crippen molar-refractivity contribution in [2.45, 2.75) is 27.7 Å². The first-order chi connectivity index (χ1) is 8.82. The van der Waals surface area contributed by atoms with Gasteiger partial charge < -0.3 is 14.8 Å². The highest BCUT2D eigenvalue weighted by Crippen LogP contribution is 2.68. The lowest BCUT2D eigenvalue weighted by molar-refractivity contribution is 0.341. The van der Waals surface area contributed by atoms with Gasteiger partial charge >= 0.3 is 12.0 Å². The van der Waals surface area contributed by atoms with Gasteiger partial charge in [0.15, 0.2) is 0 Å². The van der Waals surface area contributed by atoms with Crippen LogP contribution in [0.25, 0.3) is 0 Å². The van der Waals surface area contributed by atoms with E-state index in [0.717, 1.165) is 6.54 Å². The smallest absolute Gasteiger partial charge is 0.324 e. The number of hydrogen-bond donors (Lipinski definition) is 1. The molecule has 0 aromatic carbocycles. The van der Waals surface area contributed by atoms with E-state index in [1.165, 1.54) is 14.2 Å². The van der Waals surface area contributed by atoms with Gasteiger partial charge in [0.2, 0.25) is 5.95 Å². The number of anilines is 1. The molecule has 106 valence electrons. The topological polar surface area (TPSA) is 69.2 Å². The van der Waals surface area contributed by atoms with Gasteiger partial charge in [0.25, 0.3) is 0 Å². The number of aromatic nitrogens is 3. The monoisotopic (exact) mass is 266 g/mol. The maximum Gasteiger partial charge on any atom is 0.324 e. The largest absolute Gasteiger partial charge is 0.467 e. The molecule has 1 heterocycles. The van der Waals surface area contributed by atoms with Crippen LogP contribution in [0.1, 0.15) is 27.7 Å². The van der Waals surface area contributed by atoms with Crippen molar-refractivity contribution in [1.29, 1.82) is 0 Å². The molecule has 1 aliphatic carbocycles. The molecule has 19 heavy (non-hydrogen) atoms. The van der Waals surface area contributed by atoms with Gasteiger partial charge in [-0.1, -0.05) is 27.7 Å². The second-order valence-corrected chi connectivity index (χ2v) is 6.01. The number of nitrogens with zero attached hydrogens (tertiary/aromatic N) is 3. The van der Waals surface area contributed by atoms with E-state index in [4.69, 9.17) is 9.47 Å². The Morgan fingerprint density at radius 1 is 0.947 bits per heavy atom. The lowest BCUT2D eigenvalue weighted by atomic mass is 10.0. The van der Waals surface area contributed by atoms with Crippen molar-refractivity contribution in [2.75, 3.05) is 26.1 Å². The minimum absolute atomic E-state index is 0.253. The first kappa shape index (κ1) is 13.8. The van der Waals surface area contributed by atoms with Gasteiger partial charge in [-0.05, 0) is 16.7 Å². The Balaban J connectivity index is 2.05. The van der Waals surface area contributed by atoms with Crippen LogP contribution < -0.4 is 14.8 Å². The predicted molar refractivity (Wildman–Crippen MR) is 72.5 cm³/mol. The van der Waals surface area contributed by atoms with Crippen molar-refractivity contribution in [3.63, 3.8) is 0 Å². The normalized spacial score (nSPS) is 19.9. The molecule has 6 nitrogen and oxygen atoms in total. The Labute approximate surface area is 114 Å². The van der Waals surface area contributed by atoms with Crippen molar-refractivity contribution >= 4 is 5.95 Å². The molecular formula is C13H22N4O2. The third-order valence-electron chi connectivity index (χ3n) is 4.74. The molecule has 0 radical (unpaired) electrons. The molecule has 1 fully saturated rings. The van der Waals surface area contributed by atoms with E-state index in [-0.39, 0.29) is 12.0 Å². The summed E-state index contributed by atoms with van der Waals surface area (Å²) in [5, 5.41) is 3.25. The molecule has 0 aliphatic heterocycles. The molecule has 1 aromatic rings. The fourth-order valence-corrected chi connectivity index (χ4v) is 2.64. The third kappa shape index (κ3) is 2.31. The second-order valence-electron chi connectivity index (χ2n) is 6.01. The number of ether oxygens (including phenoxy) is 2. The summed E-state index contributed by atoms with van der Waals surface area (Å²) in [6, 6.07) is 0.507. The standard InChI is InChI=1S/C13H22N4O2/c1-12(2)8(13(12,3)4)7-14-9-15-10(18-5)17-11(16-9)19-6/h8H,7H2,1-6H3,(H,14,15,16,17). The third-order valence-corrected chi connectivity index (χ3v) is 4.74. The van der Waals surface area contributed by atoms with Gasteiger partial charge in [0.1, 0.15) is 0 Å². The summed E-state index contributed by atoms with van der Waals surface area (Å²) in [6.45, 7) is 9.97. The summed E-state index contributed by atoms with van der Waals surface area (Å²) >= 11 is 0. The summed E-state index contributed by atoms with van der Waals surface area (Å²) in [6.07, 6.45) is 0. The molecular weight excluding hydrogens is 244 g/mol. The molecule has 0 spiro atoms. The highest BCUT2D eigenvalue weighted by molar-refractivity contribution is 5.29. The lowest BCUT2D eigenvalue weighted by Crippen LogP contribution is -2.12. The van der Waals surface area contributed by atoms with Crippen LogP contribution in [-0.4, -0.2) is 35.7 Å². The molecule has 0 bridgehead atoms. The van der Waals surface area contributed by atoms with E-state index in [9.17, 15) is 0 Å². The lowest BCUT2D eigenvalue weighted by Gasteiger charge is -2.08. The maximum atomic E-state index is 5.02. The number of methoxy groups -OCH3 is 2. The zero-order valence-electron chi connectivity index (χ0n) is 12.4.